The average molecular weight is 171 g/mol. The lowest BCUT2D eigenvalue weighted by Gasteiger charge is -2.25. The molecule has 3 nitrogen and oxygen atoms in total. The molecule has 0 rings (SSSR count). The van der Waals surface area contributed by atoms with E-state index in [1.165, 1.54) is 7.85 Å². The molecule has 0 aliphatic rings. The van der Waals surface area contributed by atoms with Crippen LogP contribution in [0.5, 0.6) is 0 Å². The third-order valence-corrected chi connectivity index (χ3v) is 1.49. The van der Waals surface area contributed by atoms with Crippen LogP contribution in [0.25, 0.3) is 0 Å². The van der Waals surface area contributed by atoms with Crippen LogP contribution >= 0.6 is 0 Å². The first-order valence-corrected chi connectivity index (χ1v) is 4.36. The van der Waals surface area contributed by atoms with E-state index in [2.05, 4.69) is 12.2 Å². The Morgan fingerprint density at radius 3 is 2.58 bits per heavy atom. The minimum Gasteiger partial charge on any atom is -0.472 e. The number of hydrogen-bond donors (Lipinski definition) is 1. The smallest absolute Gasteiger partial charge is 0.243 e. The van der Waals surface area contributed by atoms with Gasteiger partial charge in [0.15, 0.2) is 0 Å². The molecule has 70 valence electrons. The predicted molar refractivity (Wildman–Crippen MR) is 52.3 cm³/mol. The van der Waals surface area contributed by atoms with Crippen LogP contribution in [0.3, 0.4) is 0 Å². The Bertz CT molecular complexity index is 148. The fourth-order valence-corrected chi connectivity index (χ4v) is 0.796. The molecule has 0 heterocycles. The Morgan fingerprint density at radius 1 is 1.58 bits per heavy atom. The quantitative estimate of drug-likeness (QED) is 0.613. The summed E-state index contributed by atoms with van der Waals surface area (Å²) in [6.07, 6.45) is 1.09. The van der Waals surface area contributed by atoms with Gasteiger partial charge in [0.05, 0.1) is 0 Å². The summed E-state index contributed by atoms with van der Waals surface area (Å²) in [5, 5.41) is 3.29. The fourth-order valence-electron chi connectivity index (χ4n) is 0.796. The molecule has 0 spiro atoms. The van der Waals surface area contributed by atoms with Gasteiger partial charge < -0.3 is 10.1 Å². The lowest BCUT2D eigenvalue weighted by atomic mass is 10.1. The second kappa shape index (κ2) is 5.20. The Hall–Kier alpha value is -0.505. The maximum Gasteiger partial charge on any atom is 0.243 e. The molecular weight excluding hydrogens is 153 g/mol. The number of carbonyl (C=O) groups excluding carboxylic acids is 1. The second-order valence-electron chi connectivity index (χ2n) is 3.59. The Balaban J connectivity index is 3.63. The molecule has 4 heteroatoms. The van der Waals surface area contributed by atoms with E-state index in [4.69, 9.17) is 4.74 Å². The zero-order valence-corrected chi connectivity index (χ0v) is 8.44. The van der Waals surface area contributed by atoms with Gasteiger partial charge >= 0.3 is 0 Å². The number of rotatable bonds is 5. The second-order valence-corrected chi connectivity index (χ2v) is 3.59. The van der Waals surface area contributed by atoms with E-state index in [0.717, 1.165) is 13.0 Å². The van der Waals surface area contributed by atoms with Crippen molar-refractivity contribution in [2.45, 2.75) is 32.7 Å². The van der Waals surface area contributed by atoms with E-state index in [1.807, 2.05) is 13.8 Å². The molecule has 0 fully saturated rings. The van der Waals surface area contributed by atoms with E-state index in [0.29, 0.717) is 6.61 Å². The van der Waals surface area contributed by atoms with Gasteiger partial charge in [-0.05, 0) is 26.8 Å². The van der Waals surface area contributed by atoms with E-state index in [1.54, 1.807) is 0 Å². The van der Waals surface area contributed by atoms with Gasteiger partial charge in [0.25, 0.3) is 0 Å². The molecule has 0 unspecified atom stereocenters. The van der Waals surface area contributed by atoms with Crippen molar-refractivity contribution in [3.8, 4) is 0 Å². The summed E-state index contributed by atoms with van der Waals surface area (Å²) in [5.41, 5.74) is -0.109. The van der Waals surface area contributed by atoms with Gasteiger partial charge in [-0.15, -0.1) is 0 Å². The first-order chi connectivity index (χ1) is 5.48. The summed E-state index contributed by atoms with van der Waals surface area (Å²) >= 11 is 0. The van der Waals surface area contributed by atoms with Crippen LogP contribution in [0, 0.1) is 0 Å². The van der Waals surface area contributed by atoms with Crippen molar-refractivity contribution in [3.05, 3.63) is 0 Å². The van der Waals surface area contributed by atoms with E-state index >= 15 is 0 Å². The van der Waals surface area contributed by atoms with Crippen molar-refractivity contribution < 1.29 is 9.53 Å². The number of ether oxygens (including phenoxy) is 1. The third kappa shape index (κ3) is 6.22. The van der Waals surface area contributed by atoms with Crippen LogP contribution < -0.4 is 5.32 Å². The topological polar surface area (TPSA) is 38.3 Å². The molecule has 0 amide bonds. The highest BCUT2D eigenvalue weighted by molar-refractivity contribution is 6.55. The molecule has 0 saturated carbocycles. The van der Waals surface area contributed by atoms with Crippen LogP contribution in [0.2, 0.25) is 0 Å². The van der Waals surface area contributed by atoms with Crippen LogP contribution in [-0.2, 0) is 4.74 Å². The molecule has 0 aromatic rings. The Labute approximate surface area is 75.3 Å². The highest BCUT2D eigenvalue weighted by atomic mass is 16.5. The van der Waals surface area contributed by atoms with Gasteiger partial charge in [-0.2, -0.15) is 0 Å². The first kappa shape index (κ1) is 11.5. The van der Waals surface area contributed by atoms with Crippen molar-refractivity contribution in [2.75, 3.05) is 13.2 Å². The van der Waals surface area contributed by atoms with E-state index < -0.39 is 0 Å². The largest absolute Gasteiger partial charge is 0.472 e. The van der Waals surface area contributed by atoms with Gasteiger partial charge in [0.1, 0.15) is 6.61 Å². The van der Waals surface area contributed by atoms with Crippen LogP contribution in [0.1, 0.15) is 27.2 Å². The van der Waals surface area contributed by atoms with E-state index in [-0.39, 0.29) is 11.4 Å². The lowest BCUT2D eigenvalue weighted by Crippen LogP contribution is -2.44. The zero-order valence-electron chi connectivity index (χ0n) is 8.44. The van der Waals surface area contributed by atoms with Gasteiger partial charge in [0, 0.05) is 5.54 Å². The maximum atomic E-state index is 10.5. The molecule has 0 radical (unpaired) electrons. The van der Waals surface area contributed by atoms with Crippen molar-refractivity contribution >= 4 is 13.7 Å². The van der Waals surface area contributed by atoms with Crippen LogP contribution in [0.15, 0.2) is 0 Å². The summed E-state index contributed by atoms with van der Waals surface area (Å²) in [6, 6.07) is 0. The first-order valence-electron chi connectivity index (χ1n) is 4.36. The molecule has 0 aromatic heterocycles. The Kier molecular flexibility index (Phi) is 4.98. The molecule has 0 aliphatic carbocycles. The molecular formula is C8H18BNO2. The molecule has 0 atom stereocenters. The average Bonchev–Trinajstić information content (AvgIpc) is 1.98. The number of carbonyl (C=O) groups is 1. The van der Waals surface area contributed by atoms with Gasteiger partial charge in [-0.3, -0.25) is 4.79 Å². The minimum atomic E-state index is -0.221. The molecule has 0 aromatic carbocycles. The molecule has 1 N–H and O–H groups in total. The highest BCUT2D eigenvalue weighted by Crippen LogP contribution is 2.02. The van der Waals surface area contributed by atoms with E-state index in [9.17, 15) is 4.79 Å². The fraction of sp³-hybridized carbons (Fsp3) is 0.875. The lowest BCUT2D eigenvalue weighted by molar-refractivity contribution is 0.136. The summed E-state index contributed by atoms with van der Waals surface area (Å²) in [6.45, 7) is 7.53. The number of hydrogen-bond acceptors (Lipinski definition) is 3. The van der Waals surface area contributed by atoms with Crippen LogP contribution in [-0.4, -0.2) is 32.4 Å². The maximum absolute atomic E-state index is 10.5. The normalized spacial score (nSPS) is 11.2. The standard InChI is InChI=1S/C8H18BNO2/c1-4-5-10-8(2,3)6-12-7(9)11/h10H,4-6,9H2,1-3H3. The summed E-state index contributed by atoms with van der Waals surface area (Å²) in [4.78, 5) is 10.5. The van der Waals surface area contributed by atoms with Crippen molar-refractivity contribution in [1.82, 2.24) is 5.32 Å². The Morgan fingerprint density at radius 2 is 2.17 bits per heavy atom. The van der Waals surface area contributed by atoms with Gasteiger partial charge in [-0.1, -0.05) is 6.92 Å². The minimum absolute atomic E-state index is 0.109. The zero-order chi connectivity index (χ0) is 9.61. The predicted octanol–water partition coefficient (Wildman–Crippen LogP) is 0.534. The monoisotopic (exact) mass is 171 g/mol. The van der Waals surface area contributed by atoms with Crippen molar-refractivity contribution in [1.29, 1.82) is 0 Å². The van der Waals surface area contributed by atoms with Gasteiger partial charge in [-0.25, -0.2) is 0 Å². The number of nitrogens with one attached hydrogen (secondary N) is 1. The SMILES string of the molecule is BC(=O)OCC(C)(C)NCCC. The van der Waals surface area contributed by atoms with Crippen molar-refractivity contribution in [3.63, 3.8) is 0 Å². The summed E-state index contributed by atoms with van der Waals surface area (Å²) in [7, 11) is 1.43. The van der Waals surface area contributed by atoms with Crippen molar-refractivity contribution in [2.24, 2.45) is 0 Å². The summed E-state index contributed by atoms with van der Waals surface area (Å²) < 4.78 is 4.90. The molecule has 0 aliphatic heterocycles. The van der Waals surface area contributed by atoms with Crippen LogP contribution in [0.4, 0.5) is 4.79 Å². The van der Waals surface area contributed by atoms with Gasteiger partial charge in [0.2, 0.25) is 13.7 Å². The molecule has 12 heavy (non-hydrogen) atoms. The third-order valence-electron chi connectivity index (χ3n) is 1.49. The molecule has 0 saturated heterocycles. The highest BCUT2D eigenvalue weighted by Gasteiger charge is 2.17. The molecule has 0 bridgehead atoms. The summed E-state index contributed by atoms with van der Waals surface area (Å²) in [5.74, 6) is -0.221.